The predicted octanol–water partition coefficient (Wildman–Crippen LogP) is 7.78. The molecule has 12 heteroatoms. The van der Waals surface area contributed by atoms with Crippen molar-refractivity contribution < 1.29 is 18.7 Å². The summed E-state index contributed by atoms with van der Waals surface area (Å²) in [6.07, 6.45) is 1.43. The maximum atomic E-state index is 13.7. The van der Waals surface area contributed by atoms with Crippen LogP contribution in [-0.4, -0.2) is 29.6 Å². The van der Waals surface area contributed by atoms with Crippen LogP contribution in [-0.2, 0) is 4.79 Å². The molecule has 0 saturated heterocycles. The first kappa shape index (κ1) is 29.7. The number of carbonyl (C=O) groups excluding carboxylic acids is 2. The Morgan fingerprint density at radius 1 is 0.977 bits per heavy atom. The van der Waals surface area contributed by atoms with Gasteiger partial charge in [0, 0.05) is 27.2 Å². The van der Waals surface area contributed by atoms with Crippen LogP contribution in [0.15, 0.2) is 101 Å². The quantitative estimate of drug-likeness (QED) is 0.108. The van der Waals surface area contributed by atoms with Crippen molar-refractivity contribution in [2.45, 2.75) is 0 Å². The van der Waals surface area contributed by atoms with E-state index in [0.29, 0.717) is 16.1 Å². The zero-order chi connectivity index (χ0) is 30.2. The number of hydrogen-bond donors (Lipinski definition) is 3. The van der Waals surface area contributed by atoms with E-state index in [9.17, 15) is 14.0 Å². The van der Waals surface area contributed by atoms with Gasteiger partial charge in [0.15, 0.2) is 11.7 Å². The van der Waals surface area contributed by atoms with Crippen LogP contribution in [0.4, 0.5) is 20.9 Å². The van der Waals surface area contributed by atoms with Gasteiger partial charge in [-0.15, -0.1) is 11.3 Å². The summed E-state index contributed by atoms with van der Waals surface area (Å²) in [6.45, 7) is -0.361. The Labute approximate surface area is 260 Å². The number of hydrazone groups is 1. The van der Waals surface area contributed by atoms with Crippen molar-refractivity contribution in [3.63, 3.8) is 0 Å². The van der Waals surface area contributed by atoms with E-state index in [0.717, 1.165) is 22.1 Å². The molecule has 43 heavy (non-hydrogen) atoms. The molecule has 1 aromatic heterocycles. The minimum Gasteiger partial charge on any atom is -0.482 e. The van der Waals surface area contributed by atoms with Gasteiger partial charge < -0.3 is 15.4 Å². The van der Waals surface area contributed by atoms with E-state index in [1.165, 1.54) is 35.8 Å². The Hall–Kier alpha value is -4.77. The molecule has 0 spiro atoms. The molecular weight excluding hydrogens is 612 g/mol. The molecule has 216 valence electrons. The zero-order valence-corrected chi connectivity index (χ0v) is 24.5. The molecule has 0 bridgehead atoms. The minimum absolute atomic E-state index is 0.0589. The van der Waals surface area contributed by atoms with Crippen LogP contribution in [0.1, 0.15) is 15.9 Å². The second kappa shape index (κ2) is 13.9. The smallest absolute Gasteiger partial charge is 0.271 e. The number of para-hydroxylation sites is 1. The molecule has 0 aliphatic carbocycles. The lowest BCUT2D eigenvalue weighted by molar-refractivity contribution is -0.118. The third-order valence-electron chi connectivity index (χ3n) is 5.88. The lowest BCUT2D eigenvalue weighted by Crippen LogP contribution is -2.20. The molecule has 3 N–H and O–H groups in total. The molecule has 5 aromatic rings. The largest absolute Gasteiger partial charge is 0.482 e. The van der Waals surface area contributed by atoms with E-state index in [4.69, 9.17) is 27.9 Å². The van der Waals surface area contributed by atoms with E-state index in [1.54, 1.807) is 48.5 Å². The number of nitrogens with zero attached hydrogens (tertiary/aromatic N) is 2. The number of anilines is 3. The normalized spacial score (nSPS) is 10.9. The highest BCUT2D eigenvalue weighted by molar-refractivity contribution is 7.14. The first-order valence-electron chi connectivity index (χ1n) is 12.7. The number of hydrogen-bond acceptors (Lipinski definition) is 7. The number of rotatable bonds is 10. The fourth-order valence-corrected chi connectivity index (χ4v) is 4.86. The fourth-order valence-electron chi connectivity index (χ4n) is 3.75. The molecule has 0 atom stereocenters. The topological polar surface area (TPSA) is 105 Å². The minimum atomic E-state index is -0.546. The van der Waals surface area contributed by atoms with Crippen molar-refractivity contribution >= 4 is 69.1 Å². The van der Waals surface area contributed by atoms with Crippen molar-refractivity contribution in [3.05, 3.63) is 123 Å². The first-order chi connectivity index (χ1) is 20.8. The van der Waals surface area contributed by atoms with E-state index in [1.807, 2.05) is 29.6 Å². The lowest BCUT2D eigenvalue weighted by Gasteiger charge is -2.09. The van der Waals surface area contributed by atoms with Gasteiger partial charge in [-0.05, 0) is 72.3 Å². The SMILES string of the molecule is O=C(COc1ccc(/C=N\NC(=O)c2ccc(-c3csc(Nc4ccc(Cl)cc4)n3)cc2)cc1Cl)Nc1ccccc1F. The maximum Gasteiger partial charge on any atom is 0.271 e. The summed E-state index contributed by atoms with van der Waals surface area (Å²) < 4.78 is 19.1. The summed E-state index contributed by atoms with van der Waals surface area (Å²) in [5.74, 6) is -1.21. The average molecular weight is 635 g/mol. The number of halogens is 3. The van der Waals surface area contributed by atoms with Crippen LogP contribution < -0.4 is 20.8 Å². The Balaban J connectivity index is 1.11. The number of amides is 2. The third kappa shape index (κ3) is 8.16. The van der Waals surface area contributed by atoms with E-state index < -0.39 is 17.6 Å². The van der Waals surface area contributed by atoms with Gasteiger partial charge in [0.25, 0.3) is 11.8 Å². The zero-order valence-electron chi connectivity index (χ0n) is 22.2. The molecule has 0 fully saturated rings. The van der Waals surface area contributed by atoms with Crippen LogP contribution in [0, 0.1) is 5.82 Å². The molecule has 1 heterocycles. The van der Waals surface area contributed by atoms with Crippen LogP contribution >= 0.6 is 34.5 Å². The molecule has 2 amide bonds. The highest BCUT2D eigenvalue weighted by Gasteiger charge is 2.11. The Kier molecular flexibility index (Phi) is 9.63. The molecule has 0 unspecified atom stereocenters. The van der Waals surface area contributed by atoms with Gasteiger partial charge in [-0.2, -0.15) is 5.10 Å². The van der Waals surface area contributed by atoms with Crippen molar-refractivity contribution in [1.29, 1.82) is 0 Å². The summed E-state index contributed by atoms with van der Waals surface area (Å²) in [4.78, 5) is 29.3. The highest BCUT2D eigenvalue weighted by atomic mass is 35.5. The molecule has 0 saturated carbocycles. The maximum absolute atomic E-state index is 13.7. The van der Waals surface area contributed by atoms with Gasteiger partial charge in [-0.1, -0.05) is 47.5 Å². The van der Waals surface area contributed by atoms with Crippen LogP contribution in [0.25, 0.3) is 11.3 Å². The van der Waals surface area contributed by atoms with Gasteiger partial charge in [0.05, 0.1) is 22.6 Å². The average Bonchev–Trinajstić information content (AvgIpc) is 3.47. The third-order valence-corrected chi connectivity index (χ3v) is 7.19. The van der Waals surface area contributed by atoms with Crippen LogP contribution in [0.5, 0.6) is 5.75 Å². The number of nitrogens with one attached hydrogen (secondary N) is 3. The Morgan fingerprint density at radius 3 is 2.49 bits per heavy atom. The summed E-state index contributed by atoms with van der Waals surface area (Å²) in [5, 5.41) is 13.2. The van der Waals surface area contributed by atoms with Crippen LogP contribution in [0.3, 0.4) is 0 Å². The number of aromatic nitrogens is 1. The lowest BCUT2D eigenvalue weighted by atomic mass is 10.1. The molecule has 8 nitrogen and oxygen atoms in total. The van der Waals surface area contributed by atoms with Gasteiger partial charge in [0.2, 0.25) is 0 Å². The van der Waals surface area contributed by atoms with Crippen molar-refractivity contribution in [3.8, 4) is 17.0 Å². The molecule has 0 radical (unpaired) electrons. The van der Waals surface area contributed by atoms with Gasteiger partial charge in [-0.3, -0.25) is 9.59 Å². The predicted molar refractivity (Wildman–Crippen MR) is 169 cm³/mol. The molecule has 5 rings (SSSR count). The number of ether oxygens (including phenoxy) is 1. The van der Waals surface area contributed by atoms with Gasteiger partial charge in [0.1, 0.15) is 11.6 Å². The summed E-state index contributed by atoms with van der Waals surface area (Å²) in [5.41, 5.74) is 6.08. The second-order valence-corrected chi connectivity index (χ2v) is 10.7. The first-order valence-corrected chi connectivity index (χ1v) is 14.4. The molecule has 4 aromatic carbocycles. The van der Waals surface area contributed by atoms with Crippen LogP contribution in [0.2, 0.25) is 10.0 Å². The second-order valence-electron chi connectivity index (χ2n) is 8.95. The monoisotopic (exact) mass is 633 g/mol. The number of benzene rings is 4. The van der Waals surface area contributed by atoms with E-state index in [-0.39, 0.29) is 23.1 Å². The van der Waals surface area contributed by atoms with Gasteiger partial charge in [-0.25, -0.2) is 14.8 Å². The Morgan fingerprint density at radius 2 is 1.74 bits per heavy atom. The summed E-state index contributed by atoms with van der Waals surface area (Å²) in [6, 6.07) is 25.0. The van der Waals surface area contributed by atoms with E-state index >= 15 is 0 Å². The summed E-state index contributed by atoms with van der Waals surface area (Å²) in [7, 11) is 0. The Bertz CT molecular complexity index is 1780. The molecule has 0 aliphatic rings. The summed E-state index contributed by atoms with van der Waals surface area (Å²) >= 11 is 13.7. The molecular formula is C31H22Cl2FN5O3S. The standard InChI is InChI=1S/C31H22Cl2FN5O3S/c32-22-10-12-23(13-11-22)36-31-38-27(18-43-31)20-6-8-21(9-7-20)30(41)39-35-16-19-5-14-28(24(33)15-19)42-17-29(40)37-26-4-2-1-3-25(26)34/h1-16,18H,17H2,(H,36,38)(H,37,40)(H,39,41)/b35-16-. The van der Waals surface area contributed by atoms with Crippen molar-refractivity contribution in [2.24, 2.45) is 5.10 Å². The number of thiazole rings is 1. The van der Waals surface area contributed by atoms with E-state index in [2.05, 4.69) is 26.1 Å². The van der Waals surface area contributed by atoms with Gasteiger partial charge >= 0.3 is 0 Å². The number of carbonyl (C=O) groups is 2. The molecule has 0 aliphatic heterocycles. The van der Waals surface area contributed by atoms with Crippen molar-refractivity contribution in [1.82, 2.24) is 10.4 Å². The van der Waals surface area contributed by atoms with Crippen molar-refractivity contribution in [2.75, 3.05) is 17.2 Å². The fraction of sp³-hybridized carbons (Fsp3) is 0.0323. The highest BCUT2D eigenvalue weighted by Crippen LogP contribution is 2.28.